The second kappa shape index (κ2) is 5.11. The van der Waals surface area contributed by atoms with Crippen LogP contribution in [0, 0.1) is 30.1 Å². The van der Waals surface area contributed by atoms with Gasteiger partial charge in [-0.05, 0) is 73.3 Å². The van der Waals surface area contributed by atoms with Gasteiger partial charge in [-0.15, -0.1) is 6.42 Å². The molecule has 4 fully saturated rings. The minimum Gasteiger partial charge on any atom is -0.478 e. The number of hydrogen-bond acceptors (Lipinski definition) is 2. The van der Waals surface area contributed by atoms with Crippen molar-refractivity contribution in [3.63, 3.8) is 0 Å². The smallest absolute Gasteiger partial charge is 0.337 e. The van der Waals surface area contributed by atoms with E-state index in [1.54, 1.807) is 6.07 Å². The molecule has 0 spiro atoms. The molecule has 4 heteroatoms. The Labute approximate surface area is 140 Å². The van der Waals surface area contributed by atoms with Crippen LogP contribution in [0.15, 0.2) is 12.1 Å². The van der Waals surface area contributed by atoms with Crippen molar-refractivity contribution in [2.45, 2.75) is 43.9 Å². The monoisotopic (exact) mass is 324 g/mol. The van der Waals surface area contributed by atoms with E-state index in [0.29, 0.717) is 17.8 Å². The Balaban J connectivity index is 1.90. The molecule has 4 nitrogen and oxygen atoms in total. The summed E-state index contributed by atoms with van der Waals surface area (Å²) in [6.07, 6.45) is 12.7. The number of carbonyl (C=O) groups is 2. The second-order valence-corrected chi connectivity index (χ2v) is 7.86. The topological polar surface area (TPSA) is 74.6 Å². The van der Waals surface area contributed by atoms with Gasteiger partial charge in [0.05, 0.1) is 11.1 Å². The number of hydrogen-bond donors (Lipinski definition) is 2. The summed E-state index contributed by atoms with van der Waals surface area (Å²) < 4.78 is 0. The Morgan fingerprint density at radius 3 is 1.96 bits per heavy atom. The van der Waals surface area contributed by atoms with Crippen molar-refractivity contribution in [2.24, 2.45) is 17.8 Å². The zero-order chi connectivity index (χ0) is 17.1. The summed E-state index contributed by atoms with van der Waals surface area (Å²) in [5, 5.41) is 18.9. The Morgan fingerprint density at radius 1 is 1.00 bits per heavy atom. The van der Waals surface area contributed by atoms with Crippen LogP contribution in [0.3, 0.4) is 0 Å². The fraction of sp³-hybridized carbons (Fsp3) is 0.500. The molecule has 0 amide bonds. The van der Waals surface area contributed by atoms with E-state index in [1.807, 2.05) is 0 Å². The van der Waals surface area contributed by atoms with Crippen LogP contribution >= 0.6 is 0 Å². The molecule has 1 aromatic rings. The third-order valence-corrected chi connectivity index (χ3v) is 6.40. The molecule has 24 heavy (non-hydrogen) atoms. The van der Waals surface area contributed by atoms with Gasteiger partial charge in [0.15, 0.2) is 0 Å². The highest BCUT2D eigenvalue weighted by atomic mass is 16.4. The summed E-state index contributed by atoms with van der Waals surface area (Å²) in [5.41, 5.74) is 0.676. The van der Waals surface area contributed by atoms with Gasteiger partial charge >= 0.3 is 11.9 Å². The molecule has 4 bridgehead atoms. The lowest BCUT2D eigenvalue weighted by molar-refractivity contribution is -0.00535. The van der Waals surface area contributed by atoms with Crippen LogP contribution in [-0.2, 0) is 5.41 Å². The minimum atomic E-state index is -1.26. The SMILES string of the molecule is C#Cc1c(C23CC4CC(CC(C4)C2)C3)ccc(C(=O)O)c1C(=O)O. The van der Waals surface area contributed by atoms with E-state index in [9.17, 15) is 19.8 Å². The number of carboxylic acid groups (broad SMARTS) is 2. The molecule has 4 saturated carbocycles. The lowest BCUT2D eigenvalue weighted by Gasteiger charge is -2.57. The molecular weight excluding hydrogens is 304 g/mol. The number of terminal acetylenes is 1. The summed E-state index contributed by atoms with van der Waals surface area (Å²) >= 11 is 0. The molecule has 4 aliphatic rings. The van der Waals surface area contributed by atoms with Gasteiger partial charge in [0.1, 0.15) is 0 Å². The molecule has 0 aromatic heterocycles. The van der Waals surface area contributed by atoms with Crippen molar-refractivity contribution in [3.8, 4) is 12.3 Å². The van der Waals surface area contributed by atoms with E-state index in [4.69, 9.17) is 6.42 Å². The Hall–Kier alpha value is -2.28. The molecular formula is C20H20O4. The maximum absolute atomic E-state index is 11.7. The quantitative estimate of drug-likeness (QED) is 0.834. The van der Waals surface area contributed by atoms with Crippen LogP contribution < -0.4 is 0 Å². The van der Waals surface area contributed by atoms with Gasteiger partial charge in [-0.1, -0.05) is 12.0 Å². The average molecular weight is 324 g/mol. The first-order valence-corrected chi connectivity index (χ1v) is 8.54. The molecule has 5 rings (SSSR count). The number of rotatable bonds is 3. The van der Waals surface area contributed by atoms with Gasteiger partial charge in [-0.25, -0.2) is 9.59 Å². The first-order chi connectivity index (χ1) is 11.4. The summed E-state index contributed by atoms with van der Waals surface area (Å²) in [4.78, 5) is 23.1. The lowest BCUT2D eigenvalue weighted by Crippen LogP contribution is -2.49. The van der Waals surface area contributed by atoms with Gasteiger partial charge < -0.3 is 10.2 Å². The van der Waals surface area contributed by atoms with Crippen LogP contribution in [0.1, 0.15) is 70.4 Å². The van der Waals surface area contributed by atoms with E-state index in [0.717, 1.165) is 24.8 Å². The third kappa shape index (κ3) is 2.07. The number of carboxylic acids is 2. The Morgan fingerprint density at radius 2 is 1.54 bits per heavy atom. The molecule has 1 aromatic carbocycles. The minimum absolute atomic E-state index is 0.0579. The zero-order valence-corrected chi connectivity index (χ0v) is 13.4. The van der Waals surface area contributed by atoms with Crippen molar-refractivity contribution in [2.75, 3.05) is 0 Å². The van der Waals surface area contributed by atoms with Crippen molar-refractivity contribution >= 4 is 11.9 Å². The third-order valence-electron chi connectivity index (χ3n) is 6.40. The standard InChI is InChI=1S/C20H20O4/c1-2-14-16(4-3-15(18(21)22)17(14)19(23)24)20-8-11-5-12(9-20)7-13(6-11)10-20/h1,3-4,11-13H,5-10H2,(H,21,22)(H,23,24). The summed E-state index contributed by atoms with van der Waals surface area (Å²) in [6.45, 7) is 0. The summed E-state index contributed by atoms with van der Waals surface area (Å²) in [5.74, 6) is 2.12. The Kier molecular flexibility index (Phi) is 3.25. The molecule has 4 aliphatic carbocycles. The van der Waals surface area contributed by atoms with E-state index >= 15 is 0 Å². The van der Waals surface area contributed by atoms with Gasteiger partial charge in [0.2, 0.25) is 0 Å². The normalized spacial score (nSPS) is 33.2. The van der Waals surface area contributed by atoms with Crippen LogP contribution in [-0.4, -0.2) is 22.2 Å². The van der Waals surface area contributed by atoms with Gasteiger partial charge in [0.25, 0.3) is 0 Å². The maximum atomic E-state index is 11.7. The van der Waals surface area contributed by atoms with Gasteiger partial charge in [-0.2, -0.15) is 0 Å². The molecule has 0 heterocycles. The fourth-order valence-corrected chi connectivity index (χ4v) is 6.04. The predicted molar refractivity (Wildman–Crippen MR) is 88.1 cm³/mol. The van der Waals surface area contributed by atoms with Crippen LogP contribution in [0.4, 0.5) is 0 Å². The summed E-state index contributed by atoms with van der Waals surface area (Å²) in [6, 6.07) is 3.22. The highest BCUT2D eigenvalue weighted by Crippen LogP contribution is 2.61. The van der Waals surface area contributed by atoms with Crippen molar-refractivity contribution in [3.05, 3.63) is 34.4 Å². The molecule has 0 radical (unpaired) electrons. The van der Waals surface area contributed by atoms with Crippen LogP contribution in [0.25, 0.3) is 0 Å². The predicted octanol–water partition coefficient (Wildman–Crippen LogP) is 3.53. The number of aromatic carboxylic acids is 2. The first kappa shape index (κ1) is 15.3. The zero-order valence-electron chi connectivity index (χ0n) is 13.4. The first-order valence-electron chi connectivity index (χ1n) is 8.54. The lowest BCUT2D eigenvalue weighted by atomic mass is 9.47. The molecule has 0 saturated heterocycles. The van der Waals surface area contributed by atoms with Crippen molar-refractivity contribution in [1.82, 2.24) is 0 Å². The molecule has 2 N–H and O–H groups in total. The largest absolute Gasteiger partial charge is 0.478 e. The summed E-state index contributed by atoms with van der Waals surface area (Å²) in [7, 11) is 0. The van der Waals surface area contributed by atoms with Gasteiger partial charge in [0, 0.05) is 5.56 Å². The molecule has 124 valence electrons. The van der Waals surface area contributed by atoms with E-state index < -0.39 is 11.9 Å². The van der Waals surface area contributed by atoms with E-state index in [1.165, 1.54) is 25.3 Å². The molecule has 0 aliphatic heterocycles. The number of benzene rings is 1. The molecule has 0 atom stereocenters. The van der Waals surface area contributed by atoms with Crippen molar-refractivity contribution in [1.29, 1.82) is 0 Å². The molecule has 0 unspecified atom stereocenters. The highest BCUT2D eigenvalue weighted by molar-refractivity contribution is 6.04. The van der Waals surface area contributed by atoms with Gasteiger partial charge in [-0.3, -0.25) is 0 Å². The van der Waals surface area contributed by atoms with E-state index in [2.05, 4.69) is 5.92 Å². The van der Waals surface area contributed by atoms with Crippen molar-refractivity contribution < 1.29 is 19.8 Å². The van der Waals surface area contributed by atoms with E-state index in [-0.39, 0.29) is 22.1 Å². The Bertz CT molecular complexity index is 748. The fourth-order valence-electron chi connectivity index (χ4n) is 6.04. The maximum Gasteiger partial charge on any atom is 0.337 e. The second-order valence-electron chi connectivity index (χ2n) is 7.86. The van der Waals surface area contributed by atoms with Crippen LogP contribution in [0.5, 0.6) is 0 Å². The highest BCUT2D eigenvalue weighted by Gasteiger charge is 2.52. The van der Waals surface area contributed by atoms with Crippen LogP contribution in [0.2, 0.25) is 0 Å². The average Bonchev–Trinajstić information content (AvgIpc) is 2.51.